The van der Waals surface area contributed by atoms with Gasteiger partial charge in [-0.2, -0.15) is 13.2 Å². The molecular formula is C13H13ClF3N5. The Bertz CT molecular complexity index is 683. The first-order valence-corrected chi connectivity index (χ1v) is 7.20. The molecule has 1 N–H and O–H groups in total. The summed E-state index contributed by atoms with van der Waals surface area (Å²) in [5, 5.41) is 11.0. The number of pyridine rings is 1. The monoisotopic (exact) mass is 331 g/mol. The summed E-state index contributed by atoms with van der Waals surface area (Å²) in [5.41, 5.74) is -0.872. The fourth-order valence-electron chi connectivity index (χ4n) is 2.39. The molecule has 22 heavy (non-hydrogen) atoms. The van der Waals surface area contributed by atoms with Gasteiger partial charge in [-0.15, -0.1) is 10.2 Å². The number of fused-ring (bicyclic) bond motifs is 1. The molecule has 5 nitrogen and oxygen atoms in total. The normalized spacial score (nSPS) is 14.7. The van der Waals surface area contributed by atoms with Crippen LogP contribution in [0.15, 0.2) is 12.3 Å². The maximum atomic E-state index is 12.6. The highest BCUT2D eigenvalue weighted by atomic mass is 35.5. The summed E-state index contributed by atoms with van der Waals surface area (Å²) in [6.45, 7) is 1.17. The van der Waals surface area contributed by atoms with E-state index in [1.807, 2.05) is 4.57 Å². The number of hydrogen-bond donors (Lipinski definition) is 1. The minimum atomic E-state index is -4.46. The van der Waals surface area contributed by atoms with Crippen LogP contribution in [0.25, 0.3) is 0 Å². The third kappa shape index (κ3) is 3.01. The van der Waals surface area contributed by atoms with Gasteiger partial charge < -0.3 is 9.88 Å². The van der Waals surface area contributed by atoms with Crippen molar-refractivity contribution in [2.45, 2.75) is 38.5 Å². The van der Waals surface area contributed by atoms with Gasteiger partial charge in [-0.3, -0.25) is 0 Å². The third-order valence-electron chi connectivity index (χ3n) is 3.52. The Morgan fingerprint density at radius 1 is 1.27 bits per heavy atom. The van der Waals surface area contributed by atoms with Crippen molar-refractivity contribution in [2.75, 3.05) is 5.32 Å². The Kier molecular flexibility index (Phi) is 3.94. The van der Waals surface area contributed by atoms with Gasteiger partial charge in [0.25, 0.3) is 0 Å². The number of hydrogen-bond acceptors (Lipinski definition) is 4. The summed E-state index contributed by atoms with van der Waals surface area (Å²) in [6, 6.07) is 0.857. The second-order valence-electron chi connectivity index (χ2n) is 5.05. The molecule has 0 fully saturated rings. The van der Waals surface area contributed by atoms with Gasteiger partial charge in [0.05, 0.1) is 17.1 Å². The molecule has 1 aliphatic rings. The number of aromatic nitrogens is 4. The highest BCUT2D eigenvalue weighted by molar-refractivity contribution is 6.32. The first kappa shape index (κ1) is 15.1. The number of aryl methyl sites for hydroxylation is 1. The lowest BCUT2D eigenvalue weighted by Gasteiger charge is -2.15. The Hall–Kier alpha value is -1.83. The number of nitrogens with one attached hydrogen (secondary N) is 1. The summed E-state index contributed by atoms with van der Waals surface area (Å²) < 4.78 is 39.7. The van der Waals surface area contributed by atoms with Crippen molar-refractivity contribution in [3.8, 4) is 0 Å². The molecule has 0 amide bonds. The summed E-state index contributed by atoms with van der Waals surface area (Å²) in [4.78, 5) is 3.74. The van der Waals surface area contributed by atoms with E-state index in [1.54, 1.807) is 0 Å². The highest BCUT2D eigenvalue weighted by Gasteiger charge is 2.31. The van der Waals surface area contributed by atoms with E-state index in [-0.39, 0.29) is 10.8 Å². The maximum Gasteiger partial charge on any atom is 0.417 e. The van der Waals surface area contributed by atoms with Gasteiger partial charge in [-0.25, -0.2) is 4.98 Å². The van der Waals surface area contributed by atoms with Crippen molar-refractivity contribution in [3.63, 3.8) is 0 Å². The molecule has 0 saturated carbocycles. The van der Waals surface area contributed by atoms with Crippen LogP contribution in [0.2, 0.25) is 5.02 Å². The molecule has 0 aromatic carbocycles. The number of rotatable bonds is 3. The molecule has 0 aliphatic carbocycles. The minimum absolute atomic E-state index is 0.0757. The van der Waals surface area contributed by atoms with Crippen molar-refractivity contribution in [2.24, 2.45) is 0 Å². The molecule has 2 aromatic heterocycles. The van der Waals surface area contributed by atoms with Gasteiger partial charge in [-0.1, -0.05) is 11.6 Å². The van der Waals surface area contributed by atoms with Crippen LogP contribution in [-0.4, -0.2) is 19.7 Å². The predicted octanol–water partition coefficient (Wildman–Crippen LogP) is 3.29. The molecule has 2 aromatic rings. The lowest BCUT2D eigenvalue weighted by molar-refractivity contribution is -0.137. The number of alkyl halides is 3. The molecule has 1 aliphatic heterocycles. The molecule has 0 unspecified atom stereocenters. The molecular weight excluding hydrogens is 319 g/mol. The van der Waals surface area contributed by atoms with Crippen molar-refractivity contribution in [1.82, 2.24) is 19.7 Å². The molecule has 3 heterocycles. The van der Waals surface area contributed by atoms with Crippen LogP contribution in [0.5, 0.6) is 0 Å². The first-order chi connectivity index (χ1) is 10.4. The Labute approximate surface area is 129 Å². The zero-order chi connectivity index (χ0) is 15.7. The largest absolute Gasteiger partial charge is 0.417 e. The molecule has 0 saturated heterocycles. The van der Waals surface area contributed by atoms with Crippen LogP contribution in [0, 0.1) is 0 Å². The van der Waals surface area contributed by atoms with Crippen molar-refractivity contribution in [3.05, 3.63) is 34.5 Å². The van der Waals surface area contributed by atoms with Gasteiger partial charge >= 0.3 is 6.18 Å². The second-order valence-corrected chi connectivity index (χ2v) is 5.45. The lowest BCUT2D eigenvalue weighted by Crippen LogP contribution is -2.15. The average molecular weight is 332 g/mol. The van der Waals surface area contributed by atoms with Crippen molar-refractivity contribution >= 4 is 17.4 Å². The Balaban J connectivity index is 1.73. The van der Waals surface area contributed by atoms with E-state index in [0.717, 1.165) is 49.7 Å². The standard InChI is InChI=1S/C13H13ClF3N5/c14-9-5-8(13(15,16)17)6-18-12(9)19-7-11-21-20-10-3-1-2-4-22(10)11/h5-6H,1-4,7H2,(H,18,19). The fraction of sp³-hybridized carbons (Fsp3) is 0.462. The maximum absolute atomic E-state index is 12.6. The smallest absolute Gasteiger partial charge is 0.362 e. The van der Waals surface area contributed by atoms with Gasteiger partial charge in [0.15, 0.2) is 5.82 Å². The van der Waals surface area contributed by atoms with E-state index in [0.29, 0.717) is 6.54 Å². The minimum Gasteiger partial charge on any atom is -0.362 e. The number of nitrogens with zero attached hydrogens (tertiary/aromatic N) is 4. The topological polar surface area (TPSA) is 55.6 Å². The first-order valence-electron chi connectivity index (χ1n) is 6.83. The van der Waals surface area contributed by atoms with E-state index in [1.165, 1.54) is 0 Å². The fourth-order valence-corrected chi connectivity index (χ4v) is 2.62. The van der Waals surface area contributed by atoms with Crippen LogP contribution in [-0.2, 0) is 25.7 Å². The molecule has 0 radical (unpaired) electrons. The third-order valence-corrected chi connectivity index (χ3v) is 3.81. The average Bonchev–Trinajstić information content (AvgIpc) is 2.88. The van der Waals surface area contributed by atoms with Gasteiger partial charge in [0.1, 0.15) is 11.6 Å². The lowest BCUT2D eigenvalue weighted by atomic mass is 10.2. The van der Waals surface area contributed by atoms with E-state index >= 15 is 0 Å². The van der Waals surface area contributed by atoms with E-state index in [9.17, 15) is 13.2 Å². The Morgan fingerprint density at radius 3 is 2.82 bits per heavy atom. The zero-order valence-corrected chi connectivity index (χ0v) is 12.2. The molecule has 118 valence electrons. The SMILES string of the molecule is FC(F)(F)c1cnc(NCc2nnc3n2CCCC3)c(Cl)c1. The molecule has 9 heteroatoms. The van der Waals surface area contributed by atoms with Crippen LogP contribution in [0.4, 0.5) is 19.0 Å². The van der Waals surface area contributed by atoms with E-state index in [2.05, 4.69) is 20.5 Å². The molecule has 0 bridgehead atoms. The van der Waals surface area contributed by atoms with E-state index < -0.39 is 11.7 Å². The number of anilines is 1. The van der Waals surface area contributed by atoms with Crippen molar-refractivity contribution in [1.29, 1.82) is 0 Å². The van der Waals surface area contributed by atoms with Crippen LogP contribution in [0.1, 0.15) is 30.1 Å². The van der Waals surface area contributed by atoms with Crippen LogP contribution >= 0.6 is 11.6 Å². The summed E-state index contributed by atoms with van der Waals surface area (Å²) >= 11 is 5.85. The zero-order valence-electron chi connectivity index (χ0n) is 11.5. The summed E-state index contributed by atoms with van der Waals surface area (Å²) in [5.74, 6) is 1.87. The molecule has 0 spiro atoms. The van der Waals surface area contributed by atoms with E-state index in [4.69, 9.17) is 11.6 Å². The Morgan fingerprint density at radius 2 is 2.09 bits per heavy atom. The summed E-state index contributed by atoms with van der Waals surface area (Å²) in [6.07, 6.45) is -0.643. The predicted molar refractivity (Wildman–Crippen MR) is 74.5 cm³/mol. The molecule has 0 atom stereocenters. The van der Waals surface area contributed by atoms with Gasteiger partial charge in [0, 0.05) is 19.2 Å². The number of halogens is 4. The van der Waals surface area contributed by atoms with Crippen LogP contribution < -0.4 is 5.32 Å². The van der Waals surface area contributed by atoms with Gasteiger partial charge in [0.2, 0.25) is 0 Å². The molecule has 3 rings (SSSR count). The highest BCUT2D eigenvalue weighted by Crippen LogP contribution is 2.32. The van der Waals surface area contributed by atoms with Crippen LogP contribution in [0.3, 0.4) is 0 Å². The summed E-state index contributed by atoms with van der Waals surface area (Å²) in [7, 11) is 0. The van der Waals surface area contributed by atoms with Crippen molar-refractivity contribution < 1.29 is 13.2 Å². The quantitative estimate of drug-likeness (QED) is 0.937. The second kappa shape index (κ2) is 5.75. The van der Waals surface area contributed by atoms with Gasteiger partial charge in [-0.05, 0) is 18.9 Å².